The summed E-state index contributed by atoms with van der Waals surface area (Å²) in [6, 6.07) is 7.16. The molecule has 1 aromatic rings. The van der Waals surface area contributed by atoms with E-state index in [1.807, 2.05) is 12.1 Å². The lowest BCUT2D eigenvalue weighted by Gasteiger charge is -2.36. The second-order valence-electron chi connectivity index (χ2n) is 5.10. The van der Waals surface area contributed by atoms with E-state index in [1.165, 1.54) is 0 Å². The van der Waals surface area contributed by atoms with E-state index in [2.05, 4.69) is 5.32 Å². The van der Waals surface area contributed by atoms with Gasteiger partial charge < -0.3 is 20.3 Å². The molecule has 0 aliphatic heterocycles. The van der Waals surface area contributed by atoms with Crippen molar-refractivity contribution < 1.29 is 14.9 Å². The summed E-state index contributed by atoms with van der Waals surface area (Å²) in [5.41, 5.74) is -0.566. The average molecular weight is 286 g/mol. The number of rotatable bonds is 7. The molecule has 0 bridgehead atoms. The van der Waals surface area contributed by atoms with Gasteiger partial charge in [-0.05, 0) is 31.4 Å². The van der Waals surface area contributed by atoms with Gasteiger partial charge >= 0.3 is 0 Å². The monoisotopic (exact) mass is 285 g/mol. The van der Waals surface area contributed by atoms with Gasteiger partial charge in [-0.1, -0.05) is 23.7 Å². The molecule has 19 heavy (non-hydrogen) atoms. The Kier molecular flexibility index (Phi) is 5.05. The molecule has 0 aromatic heterocycles. The lowest BCUT2D eigenvalue weighted by Crippen LogP contribution is -2.48. The number of aliphatic hydroxyl groups is 2. The van der Waals surface area contributed by atoms with Crippen LogP contribution in [0.15, 0.2) is 24.3 Å². The molecule has 1 fully saturated rings. The first-order valence-corrected chi connectivity index (χ1v) is 6.95. The van der Waals surface area contributed by atoms with Crippen LogP contribution in [0.3, 0.4) is 0 Å². The molecular formula is C14H20ClNO3. The van der Waals surface area contributed by atoms with Crippen molar-refractivity contribution in [3.63, 3.8) is 0 Å². The third-order valence-electron chi connectivity index (χ3n) is 3.39. The Balaban J connectivity index is 1.64. The van der Waals surface area contributed by atoms with Gasteiger partial charge in [0.2, 0.25) is 0 Å². The zero-order valence-electron chi connectivity index (χ0n) is 10.8. The number of nitrogens with one attached hydrogen (secondary N) is 1. The number of hydrogen-bond acceptors (Lipinski definition) is 4. The molecule has 106 valence electrons. The average Bonchev–Trinajstić information content (AvgIpc) is 2.36. The highest BCUT2D eigenvalue weighted by Crippen LogP contribution is 2.30. The fourth-order valence-electron chi connectivity index (χ4n) is 2.04. The summed E-state index contributed by atoms with van der Waals surface area (Å²) in [5, 5.41) is 23.3. The van der Waals surface area contributed by atoms with E-state index in [0.29, 0.717) is 23.9 Å². The standard InChI is InChI=1S/C14H20ClNO3/c15-12-4-1-2-5-13(12)19-9-11(17)8-16-10-14(18)6-3-7-14/h1-2,4-5,11,16-18H,3,6-10H2. The minimum absolute atomic E-state index is 0.176. The number of para-hydroxylation sites is 1. The van der Waals surface area contributed by atoms with Crippen molar-refractivity contribution in [2.45, 2.75) is 31.0 Å². The van der Waals surface area contributed by atoms with Crippen LogP contribution >= 0.6 is 11.6 Å². The Morgan fingerprint density at radius 3 is 2.74 bits per heavy atom. The molecule has 1 aliphatic rings. The van der Waals surface area contributed by atoms with Gasteiger partial charge in [-0.15, -0.1) is 0 Å². The molecule has 0 saturated heterocycles. The molecule has 4 nitrogen and oxygen atoms in total. The maximum atomic E-state index is 9.87. The van der Waals surface area contributed by atoms with Crippen LogP contribution in [0, 0.1) is 0 Å². The Labute approximate surface area is 118 Å². The predicted molar refractivity (Wildman–Crippen MR) is 74.6 cm³/mol. The van der Waals surface area contributed by atoms with Crippen molar-refractivity contribution >= 4 is 11.6 Å². The zero-order chi connectivity index (χ0) is 13.7. The predicted octanol–water partition coefficient (Wildman–Crippen LogP) is 1.58. The minimum atomic E-state index is -0.625. The molecular weight excluding hydrogens is 266 g/mol. The van der Waals surface area contributed by atoms with Crippen LogP contribution in [0.5, 0.6) is 5.75 Å². The Bertz CT molecular complexity index is 409. The number of ether oxygens (including phenoxy) is 1. The molecule has 0 spiro atoms. The van der Waals surface area contributed by atoms with E-state index in [9.17, 15) is 10.2 Å². The van der Waals surface area contributed by atoms with Gasteiger partial charge in [0.15, 0.2) is 0 Å². The SMILES string of the molecule is OC(CNCC1(O)CCC1)COc1ccccc1Cl. The minimum Gasteiger partial charge on any atom is -0.489 e. The van der Waals surface area contributed by atoms with E-state index in [0.717, 1.165) is 19.3 Å². The van der Waals surface area contributed by atoms with Gasteiger partial charge in [0.05, 0.1) is 10.6 Å². The quantitative estimate of drug-likeness (QED) is 0.712. The smallest absolute Gasteiger partial charge is 0.138 e. The number of hydrogen-bond donors (Lipinski definition) is 3. The van der Waals surface area contributed by atoms with Crippen LogP contribution in [-0.2, 0) is 0 Å². The van der Waals surface area contributed by atoms with Crippen LogP contribution in [0.2, 0.25) is 5.02 Å². The van der Waals surface area contributed by atoms with Gasteiger partial charge in [0, 0.05) is 13.1 Å². The lowest BCUT2D eigenvalue weighted by molar-refractivity contribution is -0.0334. The van der Waals surface area contributed by atoms with Gasteiger partial charge in [0.25, 0.3) is 0 Å². The zero-order valence-corrected chi connectivity index (χ0v) is 11.6. The van der Waals surface area contributed by atoms with Gasteiger partial charge in [-0.2, -0.15) is 0 Å². The Hall–Kier alpha value is -0.810. The molecule has 3 N–H and O–H groups in total. The summed E-state index contributed by atoms with van der Waals surface area (Å²) in [6.45, 7) is 1.10. The third kappa shape index (κ3) is 4.35. The number of aliphatic hydroxyl groups excluding tert-OH is 1. The molecule has 1 aliphatic carbocycles. The van der Waals surface area contributed by atoms with Gasteiger partial charge in [-0.3, -0.25) is 0 Å². The molecule has 0 heterocycles. The highest BCUT2D eigenvalue weighted by molar-refractivity contribution is 6.32. The first-order chi connectivity index (χ1) is 9.09. The lowest BCUT2D eigenvalue weighted by atomic mass is 9.80. The Morgan fingerprint density at radius 1 is 1.37 bits per heavy atom. The second kappa shape index (κ2) is 6.57. The summed E-state index contributed by atoms with van der Waals surface area (Å²) < 4.78 is 5.44. The van der Waals surface area contributed by atoms with Crippen molar-refractivity contribution in [1.82, 2.24) is 5.32 Å². The van der Waals surface area contributed by atoms with E-state index in [1.54, 1.807) is 12.1 Å². The van der Waals surface area contributed by atoms with E-state index in [-0.39, 0.29) is 6.61 Å². The van der Waals surface area contributed by atoms with Crippen molar-refractivity contribution in [2.24, 2.45) is 0 Å². The summed E-state index contributed by atoms with van der Waals surface area (Å²) in [7, 11) is 0. The molecule has 0 amide bonds. The fraction of sp³-hybridized carbons (Fsp3) is 0.571. The van der Waals surface area contributed by atoms with Crippen LogP contribution in [0.4, 0.5) is 0 Å². The molecule has 0 radical (unpaired) electrons. The first kappa shape index (κ1) is 14.6. The topological polar surface area (TPSA) is 61.7 Å². The van der Waals surface area contributed by atoms with Crippen molar-refractivity contribution in [1.29, 1.82) is 0 Å². The molecule has 2 rings (SSSR count). The van der Waals surface area contributed by atoms with Crippen molar-refractivity contribution in [3.05, 3.63) is 29.3 Å². The molecule has 1 unspecified atom stereocenters. The summed E-state index contributed by atoms with van der Waals surface area (Å²) >= 11 is 5.94. The van der Waals surface area contributed by atoms with Crippen LogP contribution < -0.4 is 10.1 Å². The first-order valence-electron chi connectivity index (χ1n) is 6.58. The summed E-state index contributed by atoms with van der Waals surface area (Å²) in [5.74, 6) is 0.570. The van der Waals surface area contributed by atoms with Gasteiger partial charge in [-0.25, -0.2) is 0 Å². The number of benzene rings is 1. The normalized spacial score (nSPS) is 18.7. The maximum absolute atomic E-state index is 9.87. The highest BCUT2D eigenvalue weighted by atomic mass is 35.5. The van der Waals surface area contributed by atoms with E-state index < -0.39 is 11.7 Å². The highest BCUT2D eigenvalue weighted by Gasteiger charge is 2.33. The summed E-state index contributed by atoms with van der Waals surface area (Å²) in [6.07, 6.45) is 2.13. The Morgan fingerprint density at radius 2 is 2.11 bits per heavy atom. The van der Waals surface area contributed by atoms with Crippen molar-refractivity contribution in [3.8, 4) is 5.75 Å². The van der Waals surface area contributed by atoms with Crippen LogP contribution in [-0.4, -0.2) is 41.6 Å². The number of halogens is 1. The molecule has 1 aromatic carbocycles. The van der Waals surface area contributed by atoms with E-state index in [4.69, 9.17) is 16.3 Å². The van der Waals surface area contributed by atoms with Gasteiger partial charge in [0.1, 0.15) is 18.5 Å². The van der Waals surface area contributed by atoms with E-state index >= 15 is 0 Å². The molecule has 1 saturated carbocycles. The van der Waals surface area contributed by atoms with Crippen LogP contribution in [0.25, 0.3) is 0 Å². The molecule has 1 atom stereocenters. The third-order valence-corrected chi connectivity index (χ3v) is 3.70. The van der Waals surface area contributed by atoms with Crippen LogP contribution in [0.1, 0.15) is 19.3 Å². The summed E-state index contributed by atoms with van der Waals surface area (Å²) in [4.78, 5) is 0. The second-order valence-corrected chi connectivity index (χ2v) is 5.51. The largest absolute Gasteiger partial charge is 0.489 e. The maximum Gasteiger partial charge on any atom is 0.138 e. The molecule has 5 heteroatoms. The van der Waals surface area contributed by atoms with Crippen molar-refractivity contribution in [2.75, 3.05) is 19.7 Å². The fourth-order valence-corrected chi connectivity index (χ4v) is 2.23.